The third-order valence-corrected chi connectivity index (χ3v) is 2.05. The first-order chi connectivity index (χ1) is 7.19. The van der Waals surface area contributed by atoms with Gasteiger partial charge in [0, 0.05) is 12.1 Å². The van der Waals surface area contributed by atoms with Crippen LogP contribution in [0.2, 0.25) is 0 Å². The van der Waals surface area contributed by atoms with E-state index in [1.54, 1.807) is 0 Å². The lowest BCUT2D eigenvalue weighted by atomic mass is 10.2. The van der Waals surface area contributed by atoms with E-state index in [9.17, 15) is 8.78 Å². The third kappa shape index (κ3) is 3.23. The summed E-state index contributed by atoms with van der Waals surface area (Å²) < 4.78 is 25.9. The molecule has 0 spiro atoms. The maximum Gasteiger partial charge on any atom is 0.163 e. The molecule has 1 aromatic rings. The van der Waals surface area contributed by atoms with Gasteiger partial charge in [-0.15, -0.1) is 0 Å². The quantitative estimate of drug-likeness (QED) is 0.669. The van der Waals surface area contributed by atoms with Crippen LogP contribution in [0.3, 0.4) is 0 Å². The average Bonchev–Trinajstić information content (AvgIpc) is 2.25. The maximum absolute atomic E-state index is 13.1. The molecule has 0 aromatic heterocycles. The van der Waals surface area contributed by atoms with Crippen LogP contribution in [0, 0.1) is 11.6 Å². The largest absolute Gasteiger partial charge is 0.395 e. The van der Waals surface area contributed by atoms with Gasteiger partial charge in [-0.2, -0.15) is 0 Å². The van der Waals surface area contributed by atoms with Gasteiger partial charge in [0.05, 0.1) is 19.3 Å². The highest BCUT2D eigenvalue weighted by molar-refractivity contribution is 5.18. The Labute approximate surface area is 86.4 Å². The summed E-state index contributed by atoms with van der Waals surface area (Å²) in [6.07, 6.45) is 0. The number of nitrogens with one attached hydrogen (secondary N) is 1. The molecule has 0 bridgehead atoms. The van der Waals surface area contributed by atoms with Gasteiger partial charge in [0.1, 0.15) is 0 Å². The van der Waals surface area contributed by atoms with Gasteiger partial charge < -0.3 is 15.5 Å². The molecule has 0 unspecified atom stereocenters. The van der Waals surface area contributed by atoms with Gasteiger partial charge in [-0.05, 0) is 6.07 Å². The summed E-state index contributed by atoms with van der Waals surface area (Å²) in [6.45, 7) is -0.448. The normalized spacial score (nSPS) is 11.0. The van der Waals surface area contributed by atoms with Gasteiger partial charge in [-0.3, -0.25) is 0 Å². The highest BCUT2D eigenvalue weighted by Crippen LogP contribution is 2.10. The lowest BCUT2D eigenvalue weighted by Gasteiger charge is -2.13. The zero-order valence-corrected chi connectivity index (χ0v) is 8.08. The summed E-state index contributed by atoms with van der Waals surface area (Å²) in [5, 5.41) is 20.2. The van der Waals surface area contributed by atoms with Crippen LogP contribution in [0.25, 0.3) is 0 Å². The van der Waals surface area contributed by atoms with Crippen molar-refractivity contribution in [1.29, 1.82) is 0 Å². The Balaban J connectivity index is 2.61. The van der Waals surface area contributed by atoms with Gasteiger partial charge >= 0.3 is 0 Å². The van der Waals surface area contributed by atoms with E-state index in [1.165, 1.54) is 12.1 Å². The fourth-order valence-corrected chi connectivity index (χ4v) is 1.13. The number of hydrogen-bond donors (Lipinski definition) is 3. The molecule has 0 atom stereocenters. The van der Waals surface area contributed by atoms with Crippen LogP contribution in [0.5, 0.6) is 0 Å². The van der Waals surface area contributed by atoms with Crippen molar-refractivity contribution < 1.29 is 19.0 Å². The second kappa shape index (κ2) is 5.75. The fourth-order valence-electron chi connectivity index (χ4n) is 1.13. The standard InChI is InChI=1S/C10H13F2NO2/c11-9-3-1-2-7(10(9)12)4-13-8(5-14)6-15/h1-3,8,13-15H,4-6H2. The molecule has 0 aliphatic carbocycles. The molecule has 1 rings (SSSR count). The molecule has 0 heterocycles. The summed E-state index contributed by atoms with van der Waals surface area (Å²) in [4.78, 5) is 0. The molecule has 0 radical (unpaired) electrons. The van der Waals surface area contributed by atoms with Gasteiger partial charge in [0.25, 0.3) is 0 Å². The first-order valence-electron chi connectivity index (χ1n) is 4.57. The SMILES string of the molecule is OCC(CO)NCc1cccc(F)c1F. The van der Waals surface area contributed by atoms with E-state index >= 15 is 0 Å². The minimum absolute atomic E-state index is 0.0649. The second-order valence-electron chi connectivity index (χ2n) is 3.16. The fraction of sp³-hybridized carbons (Fsp3) is 0.400. The van der Waals surface area contributed by atoms with Crippen LogP contribution in [0.4, 0.5) is 8.78 Å². The minimum atomic E-state index is -0.904. The number of aliphatic hydroxyl groups excluding tert-OH is 2. The highest BCUT2D eigenvalue weighted by Gasteiger charge is 2.09. The lowest BCUT2D eigenvalue weighted by molar-refractivity contribution is 0.170. The van der Waals surface area contributed by atoms with E-state index in [1.807, 2.05) is 0 Å². The summed E-state index contributed by atoms with van der Waals surface area (Å²) in [5.74, 6) is -1.81. The molecule has 3 nitrogen and oxygen atoms in total. The van der Waals surface area contributed by atoms with E-state index < -0.39 is 17.7 Å². The Morgan fingerprint density at radius 3 is 2.47 bits per heavy atom. The molecule has 1 aromatic carbocycles. The molecule has 0 saturated carbocycles. The number of aliphatic hydroxyl groups is 2. The van der Waals surface area contributed by atoms with Crippen LogP contribution >= 0.6 is 0 Å². The van der Waals surface area contributed by atoms with Crippen molar-refractivity contribution in [1.82, 2.24) is 5.32 Å². The third-order valence-electron chi connectivity index (χ3n) is 2.05. The number of halogens is 2. The zero-order valence-electron chi connectivity index (χ0n) is 8.08. The van der Waals surface area contributed by atoms with Crippen LogP contribution in [-0.4, -0.2) is 29.5 Å². The Kier molecular flexibility index (Phi) is 4.61. The van der Waals surface area contributed by atoms with E-state index in [0.717, 1.165) is 6.07 Å². The van der Waals surface area contributed by atoms with Crippen LogP contribution in [0.15, 0.2) is 18.2 Å². The molecule has 15 heavy (non-hydrogen) atoms. The van der Waals surface area contributed by atoms with Crippen molar-refractivity contribution in [3.63, 3.8) is 0 Å². The van der Waals surface area contributed by atoms with Crippen molar-refractivity contribution in [3.8, 4) is 0 Å². The Morgan fingerprint density at radius 2 is 1.87 bits per heavy atom. The minimum Gasteiger partial charge on any atom is -0.395 e. The Bertz CT molecular complexity index is 316. The molecule has 0 aliphatic heterocycles. The maximum atomic E-state index is 13.1. The molecule has 0 aliphatic rings. The van der Waals surface area contributed by atoms with E-state index in [0.29, 0.717) is 0 Å². The van der Waals surface area contributed by atoms with E-state index in [-0.39, 0.29) is 25.3 Å². The predicted octanol–water partition coefficient (Wildman–Crippen LogP) is 0.408. The van der Waals surface area contributed by atoms with Crippen molar-refractivity contribution in [3.05, 3.63) is 35.4 Å². The first kappa shape index (κ1) is 12.0. The van der Waals surface area contributed by atoms with Crippen molar-refractivity contribution >= 4 is 0 Å². The topological polar surface area (TPSA) is 52.5 Å². The highest BCUT2D eigenvalue weighted by atomic mass is 19.2. The predicted molar refractivity (Wildman–Crippen MR) is 51.2 cm³/mol. The molecular weight excluding hydrogens is 204 g/mol. The van der Waals surface area contributed by atoms with Crippen LogP contribution < -0.4 is 5.32 Å². The van der Waals surface area contributed by atoms with Crippen molar-refractivity contribution in [2.45, 2.75) is 12.6 Å². The van der Waals surface area contributed by atoms with Gasteiger partial charge in [0.15, 0.2) is 11.6 Å². The molecule has 3 N–H and O–H groups in total. The van der Waals surface area contributed by atoms with Gasteiger partial charge in [0.2, 0.25) is 0 Å². The molecule has 5 heteroatoms. The molecular formula is C10H13F2NO2. The van der Waals surface area contributed by atoms with Crippen molar-refractivity contribution in [2.24, 2.45) is 0 Å². The lowest BCUT2D eigenvalue weighted by Crippen LogP contribution is -2.35. The Morgan fingerprint density at radius 1 is 1.20 bits per heavy atom. The van der Waals surface area contributed by atoms with E-state index in [2.05, 4.69) is 5.32 Å². The molecule has 0 amide bonds. The monoisotopic (exact) mass is 217 g/mol. The number of benzene rings is 1. The smallest absolute Gasteiger partial charge is 0.163 e. The van der Waals surface area contributed by atoms with Gasteiger partial charge in [-0.25, -0.2) is 8.78 Å². The molecule has 84 valence electrons. The molecule has 0 saturated heterocycles. The van der Waals surface area contributed by atoms with Crippen LogP contribution in [0.1, 0.15) is 5.56 Å². The Hall–Kier alpha value is -1.04. The summed E-state index contributed by atoms with van der Waals surface area (Å²) in [5.41, 5.74) is 0.168. The first-order valence-corrected chi connectivity index (χ1v) is 4.57. The summed E-state index contributed by atoms with van der Waals surface area (Å²) >= 11 is 0. The van der Waals surface area contributed by atoms with E-state index in [4.69, 9.17) is 10.2 Å². The molecule has 0 fully saturated rings. The summed E-state index contributed by atoms with van der Waals surface area (Å²) in [7, 11) is 0. The number of hydrogen-bond acceptors (Lipinski definition) is 3. The van der Waals surface area contributed by atoms with Crippen LogP contribution in [-0.2, 0) is 6.54 Å². The van der Waals surface area contributed by atoms with Gasteiger partial charge in [-0.1, -0.05) is 12.1 Å². The zero-order chi connectivity index (χ0) is 11.3. The second-order valence-corrected chi connectivity index (χ2v) is 3.16. The number of rotatable bonds is 5. The summed E-state index contributed by atoms with van der Waals surface area (Å²) in [6, 6.07) is 3.36. The van der Waals surface area contributed by atoms with Crippen molar-refractivity contribution in [2.75, 3.05) is 13.2 Å². The average molecular weight is 217 g/mol.